The van der Waals surface area contributed by atoms with E-state index in [2.05, 4.69) is 10.2 Å². The minimum Gasteiger partial charge on any atom is -0.494 e. The summed E-state index contributed by atoms with van der Waals surface area (Å²) in [6.45, 7) is 2.55. The maximum atomic E-state index is 11.7. The average molecular weight is 396 g/mol. The van der Waals surface area contributed by atoms with E-state index in [0.29, 0.717) is 17.9 Å². The van der Waals surface area contributed by atoms with Gasteiger partial charge in [0.25, 0.3) is 0 Å². The lowest BCUT2D eigenvalue weighted by atomic mass is 10.0. The second-order valence-corrected chi connectivity index (χ2v) is 8.23. The van der Waals surface area contributed by atoms with Crippen molar-refractivity contribution < 1.29 is 17.9 Å². The molecule has 0 bridgehead atoms. The van der Waals surface area contributed by atoms with Gasteiger partial charge in [0.1, 0.15) is 11.5 Å². The summed E-state index contributed by atoms with van der Waals surface area (Å²) in [7, 11) is -3.22. The van der Waals surface area contributed by atoms with Crippen molar-refractivity contribution >= 4 is 15.5 Å². The van der Waals surface area contributed by atoms with Gasteiger partial charge < -0.3 is 4.74 Å². The fourth-order valence-electron chi connectivity index (χ4n) is 2.66. The molecule has 6 nitrogen and oxygen atoms in total. The molecule has 1 heterocycles. The summed E-state index contributed by atoms with van der Waals surface area (Å²) in [4.78, 5) is 1.81. The second-order valence-electron chi connectivity index (χ2n) is 6.22. The summed E-state index contributed by atoms with van der Waals surface area (Å²) in [5, 5.41) is 8.84. The summed E-state index contributed by atoms with van der Waals surface area (Å²) < 4.78 is 28.8. The Labute approximate surface area is 165 Å². The van der Waals surface area contributed by atoms with E-state index in [1.165, 1.54) is 11.0 Å². The topological polar surface area (TPSA) is 72.5 Å². The molecule has 28 heavy (non-hydrogen) atoms. The summed E-state index contributed by atoms with van der Waals surface area (Å²) in [5.74, 6) is 0.800. The minimum atomic E-state index is -3.22. The molecule has 144 valence electrons. The van der Waals surface area contributed by atoms with E-state index >= 15 is 0 Å². The molecule has 1 aromatic heterocycles. The molecular formula is C21H22N3O3S+. The molecule has 0 aliphatic heterocycles. The zero-order chi connectivity index (χ0) is 20.0. The monoisotopic (exact) mass is 396 g/mol. The maximum Gasteiger partial charge on any atom is 0.233 e. The van der Waals surface area contributed by atoms with Crippen LogP contribution >= 0.6 is 0 Å². The van der Waals surface area contributed by atoms with Crippen LogP contribution in [-0.2, 0) is 16.3 Å². The number of nitrogens with zero attached hydrogens (tertiary/aromatic N) is 3. The van der Waals surface area contributed by atoms with Crippen molar-refractivity contribution in [3.8, 4) is 5.75 Å². The van der Waals surface area contributed by atoms with Crippen LogP contribution in [0, 0.1) is 0 Å². The Balaban J connectivity index is 1.93. The fourth-order valence-corrected chi connectivity index (χ4v) is 3.29. The average Bonchev–Trinajstić information content (AvgIpc) is 2.69. The molecule has 0 aliphatic rings. The molecule has 0 fully saturated rings. The van der Waals surface area contributed by atoms with Gasteiger partial charge >= 0.3 is 0 Å². The first-order valence-corrected chi connectivity index (χ1v) is 10.8. The SMILES string of the molecule is CCOc1ccc(/C(Cc2ccc(S(C)(=O)=O)cc2)=N/[n+]2ccccn2)cc1. The third-order valence-electron chi connectivity index (χ3n) is 4.05. The fraction of sp³-hybridized carbons (Fsp3) is 0.190. The third kappa shape index (κ3) is 5.23. The van der Waals surface area contributed by atoms with E-state index in [4.69, 9.17) is 4.74 Å². The highest BCUT2D eigenvalue weighted by Crippen LogP contribution is 2.16. The summed E-state index contributed by atoms with van der Waals surface area (Å²) in [6, 6.07) is 18.3. The Morgan fingerprint density at radius 3 is 2.36 bits per heavy atom. The lowest BCUT2D eigenvalue weighted by molar-refractivity contribution is -0.737. The molecule has 0 radical (unpaired) electrons. The minimum absolute atomic E-state index is 0.301. The van der Waals surface area contributed by atoms with Gasteiger partial charge in [0, 0.05) is 34.5 Å². The molecular weight excluding hydrogens is 374 g/mol. The summed E-state index contributed by atoms with van der Waals surface area (Å²) >= 11 is 0. The molecule has 2 aromatic carbocycles. The Kier molecular flexibility index (Phi) is 6.16. The maximum absolute atomic E-state index is 11.7. The smallest absolute Gasteiger partial charge is 0.233 e. The van der Waals surface area contributed by atoms with Gasteiger partial charge in [0.05, 0.1) is 22.5 Å². The van der Waals surface area contributed by atoms with E-state index in [1.807, 2.05) is 55.5 Å². The highest BCUT2D eigenvalue weighted by atomic mass is 32.2. The predicted molar refractivity (Wildman–Crippen MR) is 107 cm³/mol. The molecule has 7 heteroatoms. The van der Waals surface area contributed by atoms with Gasteiger partial charge in [-0.1, -0.05) is 12.1 Å². The quantitative estimate of drug-likeness (QED) is 0.455. The Bertz CT molecular complexity index is 1050. The number of ether oxygens (including phenoxy) is 1. The van der Waals surface area contributed by atoms with Crippen LogP contribution < -0.4 is 9.53 Å². The molecule has 3 rings (SSSR count). The molecule has 0 N–H and O–H groups in total. The first kappa shape index (κ1) is 19.7. The second kappa shape index (κ2) is 8.75. The van der Waals surface area contributed by atoms with Gasteiger partial charge in [-0.25, -0.2) is 8.42 Å². The van der Waals surface area contributed by atoms with Gasteiger partial charge in [-0.05, 0) is 55.0 Å². The number of aromatic nitrogens is 2. The van der Waals surface area contributed by atoms with E-state index in [-0.39, 0.29) is 0 Å². The Morgan fingerprint density at radius 2 is 1.79 bits per heavy atom. The third-order valence-corrected chi connectivity index (χ3v) is 5.17. The zero-order valence-corrected chi connectivity index (χ0v) is 16.6. The number of hydrogen-bond acceptors (Lipinski definition) is 5. The Morgan fingerprint density at radius 1 is 1.07 bits per heavy atom. The number of benzene rings is 2. The molecule has 0 saturated heterocycles. The van der Waals surface area contributed by atoms with Gasteiger partial charge in [-0.15, -0.1) is 0 Å². The van der Waals surface area contributed by atoms with Crippen LogP contribution in [0.1, 0.15) is 18.1 Å². The van der Waals surface area contributed by atoms with Crippen molar-refractivity contribution in [2.75, 3.05) is 12.9 Å². The van der Waals surface area contributed by atoms with Crippen molar-refractivity contribution in [3.05, 3.63) is 84.2 Å². The van der Waals surface area contributed by atoms with Gasteiger partial charge in [-0.3, -0.25) is 0 Å². The molecule has 0 saturated carbocycles. The standard InChI is InChI=1S/C21H22N3O3S/c1-3-27-19-10-8-18(9-11-19)21(23-24-15-5-4-14-22-24)16-17-6-12-20(13-7-17)28(2,25)26/h4-15H,3,16H2,1-2H3/q+1/b23-21+. The van der Waals surface area contributed by atoms with E-state index in [9.17, 15) is 8.42 Å². The molecule has 0 spiro atoms. The van der Waals surface area contributed by atoms with Crippen LogP contribution in [-0.4, -0.2) is 32.1 Å². The number of hydrogen-bond donors (Lipinski definition) is 0. The van der Waals surface area contributed by atoms with Crippen LogP contribution in [0.25, 0.3) is 0 Å². The van der Waals surface area contributed by atoms with Crippen LogP contribution in [0.3, 0.4) is 0 Å². The normalized spacial score (nSPS) is 12.0. The predicted octanol–water partition coefficient (Wildman–Crippen LogP) is 2.67. The van der Waals surface area contributed by atoms with Crippen molar-refractivity contribution in [2.45, 2.75) is 18.2 Å². The van der Waals surface area contributed by atoms with Crippen molar-refractivity contribution in [1.29, 1.82) is 0 Å². The van der Waals surface area contributed by atoms with Crippen molar-refractivity contribution in [1.82, 2.24) is 5.10 Å². The first-order valence-electron chi connectivity index (χ1n) is 8.89. The molecule has 0 atom stereocenters. The zero-order valence-electron chi connectivity index (χ0n) is 15.8. The highest BCUT2D eigenvalue weighted by Gasteiger charge is 2.12. The van der Waals surface area contributed by atoms with Gasteiger partial charge in [0.2, 0.25) is 6.20 Å². The van der Waals surface area contributed by atoms with Crippen molar-refractivity contribution in [2.24, 2.45) is 5.10 Å². The Hall–Kier alpha value is -3.06. The van der Waals surface area contributed by atoms with Crippen LogP contribution in [0.5, 0.6) is 5.75 Å². The van der Waals surface area contributed by atoms with Gasteiger partial charge in [0.15, 0.2) is 9.84 Å². The van der Waals surface area contributed by atoms with Crippen LogP contribution in [0.2, 0.25) is 0 Å². The summed E-state index contributed by atoms with van der Waals surface area (Å²) in [5.41, 5.74) is 2.70. The van der Waals surface area contributed by atoms with E-state index < -0.39 is 9.84 Å². The van der Waals surface area contributed by atoms with E-state index in [0.717, 1.165) is 22.6 Å². The van der Waals surface area contributed by atoms with Gasteiger partial charge in [-0.2, -0.15) is 0 Å². The molecule has 0 amide bonds. The van der Waals surface area contributed by atoms with Crippen LogP contribution in [0.15, 0.2) is 83.1 Å². The van der Waals surface area contributed by atoms with Crippen LogP contribution in [0.4, 0.5) is 0 Å². The lowest BCUT2D eigenvalue weighted by Gasteiger charge is -2.07. The number of sulfone groups is 1. The summed E-state index contributed by atoms with van der Waals surface area (Å²) in [6.07, 6.45) is 5.16. The lowest BCUT2D eigenvalue weighted by Crippen LogP contribution is -2.33. The van der Waals surface area contributed by atoms with Crippen molar-refractivity contribution in [3.63, 3.8) is 0 Å². The number of rotatable bonds is 7. The molecule has 3 aromatic rings. The largest absolute Gasteiger partial charge is 0.494 e. The molecule has 0 aliphatic carbocycles. The first-order chi connectivity index (χ1) is 13.5. The highest BCUT2D eigenvalue weighted by molar-refractivity contribution is 7.90. The van der Waals surface area contributed by atoms with E-state index in [1.54, 1.807) is 24.5 Å². The molecule has 0 unspecified atom stereocenters.